The predicted molar refractivity (Wildman–Crippen MR) is 90.4 cm³/mol. The second kappa shape index (κ2) is 6.80. The van der Waals surface area contributed by atoms with E-state index in [0.717, 1.165) is 10.2 Å². The number of nitrogens with zero attached hydrogens (tertiary/aromatic N) is 2. The van der Waals surface area contributed by atoms with Crippen LogP contribution in [0.4, 0.5) is 5.82 Å². The third-order valence-corrected chi connectivity index (χ3v) is 4.34. The van der Waals surface area contributed by atoms with Crippen LogP contribution in [0.3, 0.4) is 0 Å². The van der Waals surface area contributed by atoms with Crippen LogP contribution in [0.1, 0.15) is 11.7 Å². The van der Waals surface area contributed by atoms with Crippen LogP contribution >= 0.6 is 11.3 Å². The molecule has 2 N–H and O–H groups in total. The zero-order valence-corrected chi connectivity index (χ0v) is 13.6. The Labute approximate surface area is 137 Å². The number of hydrogen-bond donors (Lipinski definition) is 2. The van der Waals surface area contributed by atoms with Crippen molar-refractivity contribution in [3.63, 3.8) is 0 Å². The molecule has 0 aliphatic heterocycles. The van der Waals surface area contributed by atoms with Gasteiger partial charge in [0.05, 0.1) is 25.7 Å². The number of anilines is 1. The summed E-state index contributed by atoms with van der Waals surface area (Å²) >= 11 is 1.55. The zero-order chi connectivity index (χ0) is 16.2. The molecule has 0 amide bonds. The Morgan fingerprint density at radius 2 is 2.09 bits per heavy atom. The molecule has 0 saturated carbocycles. The Morgan fingerprint density at radius 1 is 1.22 bits per heavy atom. The number of aromatic nitrogens is 2. The molecule has 7 heteroatoms. The summed E-state index contributed by atoms with van der Waals surface area (Å²) < 4.78 is 10.5. The molecule has 0 aliphatic rings. The van der Waals surface area contributed by atoms with E-state index in [1.54, 1.807) is 43.8 Å². The van der Waals surface area contributed by atoms with E-state index in [1.165, 1.54) is 6.33 Å². The van der Waals surface area contributed by atoms with E-state index in [-0.39, 0.29) is 0 Å². The van der Waals surface area contributed by atoms with E-state index in [9.17, 15) is 5.11 Å². The van der Waals surface area contributed by atoms with Crippen molar-refractivity contribution in [1.29, 1.82) is 0 Å². The number of fused-ring (bicyclic) bond motifs is 1. The first-order valence-electron chi connectivity index (χ1n) is 7.05. The van der Waals surface area contributed by atoms with Crippen molar-refractivity contribution in [2.75, 3.05) is 26.1 Å². The summed E-state index contributed by atoms with van der Waals surface area (Å²) in [7, 11) is 3.16. The second-order valence-corrected chi connectivity index (χ2v) is 5.76. The Hall–Kier alpha value is -2.38. The van der Waals surface area contributed by atoms with Crippen molar-refractivity contribution < 1.29 is 14.6 Å². The van der Waals surface area contributed by atoms with E-state index < -0.39 is 6.10 Å². The van der Waals surface area contributed by atoms with Crippen molar-refractivity contribution in [2.24, 2.45) is 0 Å². The Morgan fingerprint density at radius 3 is 2.87 bits per heavy atom. The standard InChI is InChI=1S/C16H17N3O3S/c1-21-10-3-4-14(22-2)12(7-10)13(20)8-17-15-11-5-6-23-16(11)19-9-18-15/h3-7,9,13,20H,8H2,1-2H3,(H,17,18,19)/t13-/m1/s1. The van der Waals surface area contributed by atoms with Gasteiger partial charge in [0.1, 0.15) is 28.5 Å². The number of hydrogen-bond acceptors (Lipinski definition) is 7. The number of thiophene rings is 1. The van der Waals surface area contributed by atoms with E-state index >= 15 is 0 Å². The van der Waals surface area contributed by atoms with Crippen LogP contribution < -0.4 is 14.8 Å². The Bertz CT molecular complexity index is 806. The van der Waals surface area contributed by atoms with Crippen molar-refractivity contribution in [2.45, 2.75) is 6.10 Å². The average molecular weight is 331 g/mol. The summed E-state index contributed by atoms with van der Waals surface area (Å²) in [6.45, 7) is 0.297. The lowest BCUT2D eigenvalue weighted by Crippen LogP contribution is -2.14. The van der Waals surface area contributed by atoms with Gasteiger partial charge < -0.3 is 19.9 Å². The van der Waals surface area contributed by atoms with Crippen molar-refractivity contribution in [1.82, 2.24) is 9.97 Å². The Balaban J connectivity index is 1.79. The molecule has 0 spiro atoms. The lowest BCUT2D eigenvalue weighted by molar-refractivity contribution is 0.186. The van der Waals surface area contributed by atoms with E-state index in [0.29, 0.717) is 29.4 Å². The molecule has 0 radical (unpaired) electrons. The third-order valence-electron chi connectivity index (χ3n) is 3.52. The molecule has 0 unspecified atom stereocenters. The molecule has 0 saturated heterocycles. The number of nitrogens with one attached hydrogen (secondary N) is 1. The number of rotatable bonds is 6. The highest BCUT2D eigenvalue weighted by Crippen LogP contribution is 2.30. The topological polar surface area (TPSA) is 76.5 Å². The maximum atomic E-state index is 10.5. The first kappa shape index (κ1) is 15.5. The van der Waals surface area contributed by atoms with Gasteiger partial charge in [-0.05, 0) is 29.6 Å². The number of benzene rings is 1. The number of aliphatic hydroxyl groups is 1. The smallest absolute Gasteiger partial charge is 0.138 e. The fourth-order valence-electron chi connectivity index (χ4n) is 2.33. The van der Waals surface area contributed by atoms with Gasteiger partial charge in [0.25, 0.3) is 0 Å². The molecule has 0 aliphatic carbocycles. The summed E-state index contributed by atoms with van der Waals surface area (Å²) in [5.74, 6) is 1.99. The van der Waals surface area contributed by atoms with Gasteiger partial charge in [-0.1, -0.05) is 0 Å². The fourth-order valence-corrected chi connectivity index (χ4v) is 3.07. The minimum atomic E-state index is -0.760. The van der Waals surface area contributed by atoms with Gasteiger partial charge in [-0.3, -0.25) is 0 Å². The van der Waals surface area contributed by atoms with Gasteiger partial charge in [0.15, 0.2) is 0 Å². The van der Waals surface area contributed by atoms with Crippen LogP contribution in [0.15, 0.2) is 36.0 Å². The molecule has 3 rings (SSSR count). The van der Waals surface area contributed by atoms with Crippen LogP contribution in [0, 0.1) is 0 Å². The first-order valence-corrected chi connectivity index (χ1v) is 7.93. The molecular formula is C16H17N3O3S. The maximum absolute atomic E-state index is 10.5. The van der Waals surface area contributed by atoms with E-state index in [1.807, 2.05) is 11.4 Å². The highest BCUT2D eigenvalue weighted by Gasteiger charge is 2.15. The van der Waals surface area contributed by atoms with Crippen LogP contribution in [0.2, 0.25) is 0 Å². The highest BCUT2D eigenvalue weighted by atomic mass is 32.1. The highest BCUT2D eigenvalue weighted by molar-refractivity contribution is 7.16. The molecule has 0 fully saturated rings. The minimum Gasteiger partial charge on any atom is -0.497 e. The molecule has 120 valence electrons. The number of ether oxygens (including phenoxy) is 2. The minimum absolute atomic E-state index is 0.297. The molecule has 2 heterocycles. The van der Waals surface area contributed by atoms with Crippen molar-refractivity contribution in [3.05, 3.63) is 41.5 Å². The normalized spacial score (nSPS) is 12.1. The third kappa shape index (κ3) is 3.20. The van der Waals surface area contributed by atoms with Gasteiger partial charge in [-0.15, -0.1) is 11.3 Å². The van der Waals surface area contributed by atoms with Gasteiger partial charge in [-0.25, -0.2) is 9.97 Å². The second-order valence-electron chi connectivity index (χ2n) is 4.87. The van der Waals surface area contributed by atoms with Gasteiger partial charge in [0.2, 0.25) is 0 Å². The van der Waals surface area contributed by atoms with Crippen LogP contribution in [0.25, 0.3) is 10.2 Å². The number of methoxy groups -OCH3 is 2. The van der Waals surface area contributed by atoms with Gasteiger partial charge >= 0.3 is 0 Å². The summed E-state index contributed by atoms with van der Waals surface area (Å²) in [4.78, 5) is 9.36. The molecule has 0 bridgehead atoms. The largest absolute Gasteiger partial charge is 0.497 e. The number of aliphatic hydroxyl groups excluding tert-OH is 1. The van der Waals surface area contributed by atoms with E-state index in [4.69, 9.17) is 9.47 Å². The van der Waals surface area contributed by atoms with Crippen molar-refractivity contribution >= 4 is 27.4 Å². The van der Waals surface area contributed by atoms with Gasteiger partial charge in [-0.2, -0.15) is 0 Å². The molecule has 6 nitrogen and oxygen atoms in total. The average Bonchev–Trinajstić information content (AvgIpc) is 3.08. The summed E-state index contributed by atoms with van der Waals surface area (Å²) in [5.41, 5.74) is 0.662. The zero-order valence-electron chi connectivity index (χ0n) is 12.8. The van der Waals surface area contributed by atoms with Crippen molar-refractivity contribution in [3.8, 4) is 11.5 Å². The lowest BCUT2D eigenvalue weighted by atomic mass is 10.1. The molecule has 2 aromatic heterocycles. The van der Waals surface area contributed by atoms with Gasteiger partial charge in [0, 0.05) is 12.1 Å². The maximum Gasteiger partial charge on any atom is 0.138 e. The molecule has 23 heavy (non-hydrogen) atoms. The Kier molecular flexibility index (Phi) is 4.59. The predicted octanol–water partition coefficient (Wildman–Crippen LogP) is 2.85. The summed E-state index contributed by atoms with van der Waals surface area (Å²) in [6.07, 6.45) is 0.753. The molecule has 1 aromatic carbocycles. The van der Waals surface area contributed by atoms with Crippen LogP contribution in [0.5, 0.6) is 11.5 Å². The summed E-state index contributed by atoms with van der Waals surface area (Å²) in [5, 5.41) is 16.6. The monoisotopic (exact) mass is 331 g/mol. The quantitative estimate of drug-likeness (QED) is 0.723. The fraction of sp³-hybridized carbons (Fsp3) is 0.250. The first-order chi connectivity index (χ1) is 11.2. The van der Waals surface area contributed by atoms with Crippen LogP contribution in [-0.4, -0.2) is 35.8 Å². The van der Waals surface area contributed by atoms with E-state index in [2.05, 4.69) is 15.3 Å². The molecule has 3 aromatic rings. The van der Waals surface area contributed by atoms with Crippen LogP contribution in [-0.2, 0) is 0 Å². The molecular weight excluding hydrogens is 314 g/mol. The molecule has 1 atom stereocenters. The summed E-state index contributed by atoms with van der Waals surface area (Å²) in [6, 6.07) is 7.30. The lowest BCUT2D eigenvalue weighted by Gasteiger charge is -2.17. The SMILES string of the molecule is COc1ccc(OC)c([C@H](O)CNc2ncnc3sccc23)c1.